The number of rotatable bonds is 4. The normalized spacial score (nSPS) is 11.7. The quantitative estimate of drug-likeness (QED) is 0.295. The van der Waals surface area contributed by atoms with Crippen molar-refractivity contribution < 1.29 is 35.9 Å². The molecule has 12 heteroatoms. The number of halogens is 6. The fraction of sp³-hybridized carbons (Fsp3) is 0.0909. The van der Waals surface area contributed by atoms with Gasteiger partial charge in [0.25, 0.3) is 11.8 Å². The zero-order valence-corrected chi connectivity index (χ0v) is 17.0. The van der Waals surface area contributed by atoms with Gasteiger partial charge in [-0.1, -0.05) is 6.07 Å². The van der Waals surface area contributed by atoms with E-state index < -0.39 is 46.4 Å². The zero-order valence-electron chi connectivity index (χ0n) is 17.0. The predicted molar refractivity (Wildman–Crippen MR) is 114 cm³/mol. The summed E-state index contributed by atoms with van der Waals surface area (Å²) in [5.74, 6) is -2.21. The second-order valence-corrected chi connectivity index (χ2v) is 7.09. The van der Waals surface area contributed by atoms with Crippen molar-refractivity contribution in [1.82, 2.24) is 0 Å². The van der Waals surface area contributed by atoms with E-state index in [2.05, 4.69) is 10.6 Å². The van der Waals surface area contributed by atoms with E-state index in [4.69, 9.17) is 11.5 Å². The standard InChI is InChI=1S/C22H16F6N4O2/c23-21(24,25)17-8-11(29)4-6-15(17)19(33)31-13-2-1-3-14(10-13)32-20(34)16-7-5-12(30)9-18(16)22(26,27)28/h1-10H,29-30H2,(H,31,33)(H,32,34). The Kier molecular flexibility index (Phi) is 6.44. The Labute approximate surface area is 188 Å². The molecule has 0 aliphatic rings. The third-order valence-corrected chi connectivity index (χ3v) is 4.57. The van der Waals surface area contributed by atoms with Gasteiger partial charge in [-0.15, -0.1) is 0 Å². The molecule has 0 spiro atoms. The number of anilines is 4. The van der Waals surface area contributed by atoms with Gasteiger partial charge in [0.15, 0.2) is 0 Å². The van der Waals surface area contributed by atoms with Crippen LogP contribution < -0.4 is 22.1 Å². The molecule has 6 nitrogen and oxygen atoms in total. The molecule has 6 N–H and O–H groups in total. The molecule has 0 saturated heterocycles. The fourth-order valence-corrected chi connectivity index (χ4v) is 3.06. The van der Waals surface area contributed by atoms with E-state index in [1.807, 2.05) is 0 Å². The highest BCUT2D eigenvalue weighted by Gasteiger charge is 2.36. The van der Waals surface area contributed by atoms with Gasteiger partial charge < -0.3 is 22.1 Å². The lowest BCUT2D eigenvalue weighted by atomic mass is 10.0. The molecule has 0 radical (unpaired) electrons. The smallest absolute Gasteiger partial charge is 0.399 e. The van der Waals surface area contributed by atoms with Crippen LogP contribution in [-0.4, -0.2) is 11.8 Å². The summed E-state index contributed by atoms with van der Waals surface area (Å²) in [5, 5.41) is 4.52. The average Bonchev–Trinajstić information content (AvgIpc) is 2.72. The van der Waals surface area contributed by atoms with Gasteiger partial charge >= 0.3 is 12.4 Å². The molecule has 0 fully saturated rings. The van der Waals surface area contributed by atoms with Crippen LogP contribution in [0.15, 0.2) is 60.7 Å². The molecular weight excluding hydrogens is 466 g/mol. The number of nitrogens with two attached hydrogens (primary N) is 2. The van der Waals surface area contributed by atoms with Crippen LogP contribution in [0.2, 0.25) is 0 Å². The summed E-state index contributed by atoms with van der Waals surface area (Å²) in [6, 6.07) is 10.5. The summed E-state index contributed by atoms with van der Waals surface area (Å²) < 4.78 is 79.6. The number of carbonyl (C=O) groups excluding carboxylic acids is 2. The maximum atomic E-state index is 13.3. The van der Waals surface area contributed by atoms with Gasteiger partial charge in [-0.3, -0.25) is 9.59 Å². The van der Waals surface area contributed by atoms with Crippen LogP contribution in [0.25, 0.3) is 0 Å². The summed E-state index contributed by atoms with van der Waals surface area (Å²) in [6.45, 7) is 0. The fourth-order valence-electron chi connectivity index (χ4n) is 3.06. The van der Waals surface area contributed by atoms with E-state index in [1.165, 1.54) is 24.3 Å². The van der Waals surface area contributed by atoms with E-state index in [0.29, 0.717) is 12.1 Å². The lowest BCUT2D eigenvalue weighted by molar-refractivity contribution is -0.138. The van der Waals surface area contributed by atoms with Gasteiger partial charge in [-0.05, 0) is 54.6 Å². The van der Waals surface area contributed by atoms with Gasteiger partial charge in [-0.25, -0.2) is 0 Å². The van der Waals surface area contributed by atoms with E-state index in [9.17, 15) is 35.9 Å². The molecule has 0 saturated carbocycles. The molecule has 0 aliphatic carbocycles. The van der Waals surface area contributed by atoms with Gasteiger partial charge in [-0.2, -0.15) is 26.3 Å². The minimum Gasteiger partial charge on any atom is -0.399 e. The third-order valence-electron chi connectivity index (χ3n) is 4.57. The first-order valence-electron chi connectivity index (χ1n) is 9.42. The van der Waals surface area contributed by atoms with E-state index in [-0.39, 0.29) is 22.7 Å². The Balaban J connectivity index is 1.84. The van der Waals surface area contributed by atoms with Gasteiger partial charge in [0, 0.05) is 22.7 Å². The van der Waals surface area contributed by atoms with Gasteiger partial charge in [0.05, 0.1) is 22.3 Å². The first-order chi connectivity index (χ1) is 15.8. The zero-order chi connectivity index (χ0) is 25.3. The molecule has 0 aromatic heterocycles. The molecule has 178 valence electrons. The Morgan fingerprint density at radius 1 is 0.618 bits per heavy atom. The highest BCUT2D eigenvalue weighted by Crippen LogP contribution is 2.35. The van der Waals surface area contributed by atoms with Crippen molar-refractivity contribution in [3.63, 3.8) is 0 Å². The van der Waals surface area contributed by atoms with Crippen molar-refractivity contribution in [1.29, 1.82) is 0 Å². The minimum absolute atomic E-state index is 0.0129. The van der Waals surface area contributed by atoms with Crippen molar-refractivity contribution in [3.05, 3.63) is 82.9 Å². The van der Waals surface area contributed by atoms with Gasteiger partial charge in [0.2, 0.25) is 0 Å². The molecule has 0 heterocycles. The average molecular weight is 482 g/mol. The van der Waals surface area contributed by atoms with Crippen LogP contribution in [0, 0.1) is 0 Å². The third kappa shape index (κ3) is 5.57. The number of amides is 2. The summed E-state index contributed by atoms with van der Waals surface area (Å²) >= 11 is 0. The second-order valence-electron chi connectivity index (χ2n) is 7.09. The van der Waals surface area contributed by atoms with E-state index >= 15 is 0 Å². The van der Waals surface area contributed by atoms with Crippen LogP contribution in [0.3, 0.4) is 0 Å². The highest BCUT2D eigenvalue weighted by molar-refractivity contribution is 6.07. The number of benzene rings is 3. The largest absolute Gasteiger partial charge is 0.417 e. The lowest BCUT2D eigenvalue weighted by Crippen LogP contribution is -2.20. The first-order valence-corrected chi connectivity index (χ1v) is 9.42. The van der Waals surface area contributed by atoms with Crippen LogP contribution in [-0.2, 0) is 12.4 Å². The Morgan fingerprint density at radius 2 is 1.00 bits per heavy atom. The topological polar surface area (TPSA) is 110 Å². The Morgan fingerprint density at radius 3 is 1.35 bits per heavy atom. The maximum absolute atomic E-state index is 13.3. The highest BCUT2D eigenvalue weighted by atomic mass is 19.4. The van der Waals surface area contributed by atoms with Crippen molar-refractivity contribution in [3.8, 4) is 0 Å². The molecule has 0 atom stereocenters. The monoisotopic (exact) mass is 482 g/mol. The molecule has 3 aromatic rings. The molecule has 34 heavy (non-hydrogen) atoms. The van der Waals surface area contributed by atoms with Crippen molar-refractivity contribution in [2.24, 2.45) is 0 Å². The van der Waals surface area contributed by atoms with Crippen molar-refractivity contribution in [2.75, 3.05) is 22.1 Å². The summed E-state index contributed by atoms with van der Waals surface area (Å²) in [4.78, 5) is 24.9. The molecule has 3 aromatic carbocycles. The van der Waals surface area contributed by atoms with Crippen LogP contribution >= 0.6 is 0 Å². The Bertz CT molecular complexity index is 1160. The summed E-state index contributed by atoms with van der Waals surface area (Å²) in [5.41, 5.74) is 6.53. The SMILES string of the molecule is Nc1ccc(C(=O)Nc2cccc(NC(=O)c3ccc(N)cc3C(F)(F)F)c2)c(C(F)(F)F)c1. The number of hydrogen-bond acceptors (Lipinski definition) is 4. The maximum Gasteiger partial charge on any atom is 0.417 e. The van der Waals surface area contributed by atoms with E-state index in [0.717, 1.165) is 24.3 Å². The number of hydrogen-bond donors (Lipinski definition) is 4. The number of nitrogens with one attached hydrogen (secondary N) is 2. The lowest BCUT2D eigenvalue weighted by Gasteiger charge is -2.15. The molecule has 0 unspecified atom stereocenters. The van der Waals surface area contributed by atoms with Gasteiger partial charge in [0.1, 0.15) is 0 Å². The van der Waals surface area contributed by atoms with Crippen molar-refractivity contribution in [2.45, 2.75) is 12.4 Å². The number of nitrogen functional groups attached to an aromatic ring is 2. The van der Waals surface area contributed by atoms with Crippen LogP contribution in [0.5, 0.6) is 0 Å². The molecule has 0 bridgehead atoms. The number of alkyl halides is 6. The molecule has 2 amide bonds. The predicted octanol–water partition coefficient (Wildman–Crippen LogP) is 5.39. The van der Waals surface area contributed by atoms with Crippen LogP contribution in [0.1, 0.15) is 31.8 Å². The van der Waals surface area contributed by atoms with Crippen molar-refractivity contribution >= 4 is 34.6 Å². The Hall–Kier alpha value is -4.22. The summed E-state index contributed by atoms with van der Waals surface area (Å²) in [6.07, 6.45) is -9.68. The minimum atomic E-state index is -4.84. The summed E-state index contributed by atoms with van der Waals surface area (Å²) in [7, 11) is 0. The molecular formula is C22H16F6N4O2. The van der Waals surface area contributed by atoms with E-state index in [1.54, 1.807) is 0 Å². The molecule has 0 aliphatic heterocycles. The second kappa shape index (κ2) is 8.96. The number of carbonyl (C=O) groups is 2. The van der Waals surface area contributed by atoms with Crippen LogP contribution in [0.4, 0.5) is 49.1 Å². The molecule has 3 rings (SSSR count). The first kappa shape index (κ1) is 24.4.